The third-order valence-electron chi connectivity index (χ3n) is 2.38. The number of anilines is 1. The highest BCUT2D eigenvalue weighted by Gasteiger charge is 2.02. The van der Waals surface area contributed by atoms with E-state index in [9.17, 15) is 4.79 Å². The van der Waals surface area contributed by atoms with Crippen LogP contribution in [-0.2, 0) is 4.79 Å². The molecule has 0 aromatic carbocycles. The second-order valence-electron chi connectivity index (χ2n) is 3.75. The number of pyridine rings is 1. The lowest BCUT2D eigenvalue weighted by atomic mass is 10.3. The van der Waals surface area contributed by atoms with Gasteiger partial charge in [0.15, 0.2) is 0 Å². The number of allylic oxidation sites excluding steroid dienone is 1. The third-order valence-corrected chi connectivity index (χ3v) is 2.38. The van der Waals surface area contributed by atoms with Crippen LogP contribution in [-0.4, -0.2) is 20.4 Å². The zero-order valence-corrected chi connectivity index (χ0v) is 9.91. The van der Waals surface area contributed by atoms with Gasteiger partial charge in [-0.15, -0.1) is 6.58 Å². The molecule has 0 aliphatic carbocycles. The van der Waals surface area contributed by atoms with Gasteiger partial charge in [-0.1, -0.05) is 6.08 Å². The van der Waals surface area contributed by atoms with Gasteiger partial charge < -0.3 is 5.32 Å². The summed E-state index contributed by atoms with van der Waals surface area (Å²) < 4.78 is 1.79. The topological polar surface area (TPSA) is 59.8 Å². The van der Waals surface area contributed by atoms with E-state index < -0.39 is 0 Å². The summed E-state index contributed by atoms with van der Waals surface area (Å²) in [7, 11) is 0. The smallest absolute Gasteiger partial charge is 0.224 e. The molecule has 0 fully saturated rings. The number of nitrogens with zero attached hydrogens (tertiary/aromatic N) is 3. The average molecular weight is 242 g/mol. The summed E-state index contributed by atoms with van der Waals surface area (Å²) in [5.41, 5.74) is 0.688. The predicted molar refractivity (Wildman–Crippen MR) is 69.4 cm³/mol. The molecule has 0 aliphatic rings. The van der Waals surface area contributed by atoms with Crippen LogP contribution in [0.15, 0.2) is 49.7 Å². The van der Waals surface area contributed by atoms with Crippen molar-refractivity contribution >= 4 is 11.6 Å². The van der Waals surface area contributed by atoms with Crippen molar-refractivity contribution in [1.29, 1.82) is 0 Å². The van der Waals surface area contributed by atoms with Crippen molar-refractivity contribution in [3.05, 3.63) is 49.7 Å². The second kappa shape index (κ2) is 5.77. The number of imidazole rings is 1. The highest BCUT2D eigenvalue weighted by molar-refractivity contribution is 5.90. The predicted octanol–water partition coefficient (Wildman–Crippen LogP) is 2.17. The molecule has 1 amide bonds. The van der Waals surface area contributed by atoms with Crippen molar-refractivity contribution in [2.24, 2.45) is 0 Å². The van der Waals surface area contributed by atoms with Crippen LogP contribution in [0, 0.1) is 0 Å². The van der Waals surface area contributed by atoms with E-state index >= 15 is 0 Å². The van der Waals surface area contributed by atoms with Crippen LogP contribution < -0.4 is 5.32 Å². The Kier molecular flexibility index (Phi) is 3.86. The number of aromatic nitrogens is 3. The van der Waals surface area contributed by atoms with Crippen LogP contribution >= 0.6 is 0 Å². The minimum atomic E-state index is -0.0351. The Bertz CT molecular complexity index is 516. The zero-order valence-electron chi connectivity index (χ0n) is 9.91. The first-order valence-electron chi connectivity index (χ1n) is 5.65. The first kappa shape index (κ1) is 12.0. The molecule has 5 heteroatoms. The zero-order chi connectivity index (χ0) is 12.8. The van der Waals surface area contributed by atoms with Gasteiger partial charge in [-0.25, -0.2) is 9.97 Å². The van der Waals surface area contributed by atoms with E-state index in [-0.39, 0.29) is 5.91 Å². The maximum absolute atomic E-state index is 11.5. The molecule has 0 radical (unpaired) electrons. The fourth-order valence-corrected chi connectivity index (χ4v) is 1.46. The highest BCUT2D eigenvalue weighted by Crippen LogP contribution is 2.10. The standard InChI is InChI=1S/C13H14N4O/c1-2-3-4-13(18)16-11-5-6-12(15-9-11)17-8-7-14-10-17/h2,5-10H,1,3-4H2,(H,16,18). The van der Waals surface area contributed by atoms with E-state index in [1.165, 1.54) is 0 Å². The van der Waals surface area contributed by atoms with Crippen LogP contribution in [0.25, 0.3) is 5.82 Å². The Morgan fingerprint density at radius 3 is 3.00 bits per heavy atom. The van der Waals surface area contributed by atoms with Crippen molar-refractivity contribution in [2.45, 2.75) is 12.8 Å². The van der Waals surface area contributed by atoms with Crippen molar-refractivity contribution < 1.29 is 4.79 Å². The molecule has 0 bridgehead atoms. The molecule has 5 nitrogen and oxygen atoms in total. The molecular formula is C13H14N4O. The minimum Gasteiger partial charge on any atom is -0.325 e. The number of rotatable bonds is 5. The lowest BCUT2D eigenvalue weighted by Crippen LogP contribution is -2.11. The van der Waals surface area contributed by atoms with E-state index in [1.807, 2.05) is 18.3 Å². The molecule has 0 saturated carbocycles. The van der Waals surface area contributed by atoms with Gasteiger partial charge in [-0.05, 0) is 18.6 Å². The fraction of sp³-hybridized carbons (Fsp3) is 0.154. The summed E-state index contributed by atoms with van der Waals surface area (Å²) in [6.45, 7) is 3.58. The van der Waals surface area contributed by atoms with Gasteiger partial charge in [-0.2, -0.15) is 0 Å². The maximum atomic E-state index is 11.5. The largest absolute Gasteiger partial charge is 0.325 e. The first-order chi connectivity index (χ1) is 8.79. The summed E-state index contributed by atoms with van der Waals surface area (Å²) >= 11 is 0. The fourth-order valence-electron chi connectivity index (χ4n) is 1.46. The summed E-state index contributed by atoms with van der Waals surface area (Å²) in [6, 6.07) is 3.64. The first-order valence-corrected chi connectivity index (χ1v) is 5.65. The summed E-state index contributed by atoms with van der Waals surface area (Å²) in [5.74, 6) is 0.726. The van der Waals surface area contributed by atoms with Crippen LogP contribution in [0.2, 0.25) is 0 Å². The van der Waals surface area contributed by atoms with Gasteiger partial charge in [0.2, 0.25) is 5.91 Å². The second-order valence-corrected chi connectivity index (χ2v) is 3.75. The normalized spacial score (nSPS) is 10.0. The van der Waals surface area contributed by atoms with Gasteiger partial charge in [0.05, 0.1) is 11.9 Å². The van der Waals surface area contributed by atoms with Gasteiger partial charge in [0, 0.05) is 18.8 Å². The molecule has 0 spiro atoms. The quantitative estimate of drug-likeness (QED) is 0.817. The molecule has 0 aliphatic heterocycles. The van der Waals surface area contributed by atoms with E-state index in [1.54, 1.807) is 29.4 Å². The number of nitrogens with one attached hydrogen (secondary N) is 1. The summed E-state index contributed by atoms with van der Waals surface area (Å²) in [6.07, 6.45) is 9.63. The molecule has 92 valence electrons. The van der Waals surface area contributed by atoms with Crippen LogP contribution in [0.4, 0.5) is 5.69 Å². The van der Waals surface area contributed by atoms with Crippen molar-refractivity contribution in [3.63, 3.8) is 0 Å². The van der Waals surface area contributed by atoms with Gasteiger partial charge in [0.25, 0.3) is 0 Å². The molecule has 1 N–H and O–H groups in total. The Morgan fingerprint density at radius 2 is 2.39 bits per heavy atom. The van der Waals surface area contributed by atoms with E-state index in [4.69, 9.17) is 0 Å². The monoisotopic (exact) mass is 242 g/mol. The van der Waals surface area contributed by atoms with Crippen LogP contribution in [0.3, 0.4) is 0 Å². The minimum absolute atomic E-state index is 0.0351. The molecular weight excluding hydrogens is 228 g/mol. The Morgan fingerprint density at radius 1 is 1.50 bits per heavy atom. The van der Waals surface area contributed by atoms with Crippen molar-refractivity contribution in [1.82, 2.24) is 14.5 Å². The van der Waals surface area contributed by atoms with Crippen molar-refractivity contribution in [2.75, 3.05) is 5.32 Å². The Labute approximate surface area is 105 Å². The number of carbonyl (C=O) groups excluding carboxylic acids is 1. The van der Waals surface area contributed by atoms with Crippen LogP contribution in [0.1, 0.15) is 12.8 Å². The molecule has 0 atom stereocenters. The summed E-state index contributed by atoms with van der Waals surface area (Å²) in [4.78, 5) is 19.7. The van der Waals surface area contributed by atoms with Gasteiger partial charge in [0.1, 0.15) is 12.1 Å². The lowest BCUT2D eigenvalue weighted by molar-refractivity contribution is -0.116. The van der Waals surface area contributed by atoms with Crippen LogP contribution in [0.5, 0.6) is 0 Å². The molecule has 2 aromatic rings. The molecule has 18 heavy (non-hydrogen) atoms. The third kappa shape index (κ3) is 3.04. The van der Waals surface area contributed by atoms with Gasteiger partial charge in [-0.3, -0.25) is 9.36 Å². The number of hydrogen-bond donors (Lipinski definition) is 1. The van der Waals surface area contributed by atoms with E-state index in [0.717, 1.165) is 5.82 Å². The summed E-state index contributed by atoms with van der Waals surface area (Å²) in [5, 5.41) is 2.78. The SMILES string of the molecule is C=CCCC(=O)Nc1ccc(-n2ccnc2)nc1. The number of carbonyl (C=O) groups is 1. The molecule has 2 heterocycles. The number of amides is 1. The van der Waals surface area contributed by atoms with E-state index in [2.05, 4.69) is 21.9 Å². The molecule has 2 rings (SSSR count). The van der Waals surface area contributed by atoms with E-state index in [0.29, 0.717) is 18.5 Å². The molecule has 0 saturated heterocycles. The van der Waals surface area contributed by atoms with Gasteiger partial charge >= 0.3 is 0 Å². The lowest BCUT2D eigenvalue weighted by Gasteiger charge is -2.05. The Balaban J connectivity index is 2.00. The van der Waals surface area contributed by atoms with Crippen molar-refractivity contribution in [3.8, 4) is 5.82 Å². The molecule has 0 unspecified atom stereocenters. The average Bonchev–Trinajstić information content (AvgIpc) is 2.91. The molecule has 2 aromatic heterocycles. The number of hydrogen-bond acceptors (Lipinski definition) is 3. The highest BCUT2D eigenvalue weighted by atomic mass is 16.1. The maximum Gasteiger partial charge on any atom is 0.224 e. The Hall–Kier alpha value is -2.43.